The number of hydrogen-bond acceptors (Lipinski definition) is 11. The van der Waals surface area contributed by atoms with Crippen LogP contribution in [0.15, 0.2) is 23.8 Å². The highest BCUT2D eigenvalue weighted by molar-refractivity contribution is 6.26. The molecule has 4 aliphatic rings. The van der Waals surface area contributed by atoms with Gasteiger partial charge >= 0.3 is 11.9 Å². The Bertz CT molecular complexity index is 1380. The van der Waals surface area contributed by atoms with E-state index >= 15 is 0 Å². The van der Waals surface area contributed by atoms with Gasteiger partial charge in [0.1, 0.15) is 0 Å². The summed E-state index contributed by atoms with van der Waals surface area (Å²) in [6.07, 6.45) is 7.01. The number of allylic oxidation sites excluding steroid dienone is 4. The smallest absolute Gasteiger partial charge is 0.308 e. The quantitative estimate of drug-likeness (QED) is 0.0830. The zero-order valence-electron chi connectivity index (χ0n) is 28.1. The van der Waals surface area contributed by atoms with E-state index in [2.05, 4.69) is 10.2 Å². The number of esters is 2. The monoisotopic (exact) mass is 694 g/mol. The highest BCUT2D eigenvalue weighted by atomic mass is 35.5. The molecule has 0 radical (unpaired) electrons. The molecular formula is C34H47ClN2O11. The predicted molar refractivity (Wildman–Crippen MR) is 172 cm³/mol. The first-order valence-electron chi connectivity index (χ1n) is 16.8. The van der Waals surface area contributed by atoms with Gasteiger partial charge < -0.3 is 24.7 Å². The number of fused-ring (bicyclic) bond motifs is 5. The molecule has 0 unspecified atom stereocenters. The van der Waals surface area contributed by atoms with Crippen LogP contribution in [0.3, 0.4) is 0 Å². The molecule has 1 amide bonds. The molecule has 2 N–H and O–H groups in total. The molecule has 0 aromatic carbocycles. The van der Waals surface area contributed by atoms with E-state index in [0.29, 0.717) is 38.5 Å². The van der Waals surface area contributed by atoms with E-state index in [9.17, 15) is 39.2 Å². The van der Waals surface area contributed by atoms with Crippen molar-refractivity contribution >= 4 is 41.0 Å². The zero-order chi connectivity index (χ0) is 35.5. The van der Waals surface area contributed by atoms with Crippen molar-refractivity contribution in [1.82, 2.24) is 5.32 Å². The van der Waals surface area contributed by atoms with Crippen LogP contribution < -0.4 is 5.32 Å². The minimum absolute atomic E-state index is 0.0105. The Morgan fingerprint density at radius 3 is 2.54 bits per heavy atom. The van der Waals surface area contributed by atoms with Crippen LogP contribution in [0.4, 0.5) is 0 Å². The number of aliphatic hydroxyl groups is 1. The van der Waals surface area contributed by atoms with Crippen molar-refractivity contribution in [2.75, 3.05) is 19.8 Å². The number of nitrogens with zero attached hydrogens (tertiary/aromatic N) is 1. The second-order valence-corrected chi connectivity index (χ2v) is 14.6. The maximum Gasteiger partial charge on any atom is 0.308 e. The Morgan fingerprint density at radius 2 is 1.85 bits per heavy atom. The summed E-state index contributed by atoms with van der Waals surface area (Å²) >= 11 is 7.53. The largest absolute Gasteiger partial charge is 0.457 e. The number of aliphatic hydroxyl groups excluding tert-OH is 1. The first kappa shape index (κ1) is 37.5. The fourth-order valence-electron chi connectivity index (χ4n) is 9.07. The second kappa shape index (κ2) is 14.7. The molecule has 48 heavy (non-hydrogen) atoms. The van der Waals surface area contributed by atoms with Gasteiger partial charge in [-0.05, 0) is 62.5 Å². The number of halogens is 1. The first-order chi connectivity index (χ1) is 22.6. The third-order valence-corrected chi connectivity index (χ3v) is 12.3. The number of carbonyl (C=O) groups excluding carboxylic acids is 5. The lowest BCUT2D eigenvalue weighted by atomic mass is 9.45. The van der Waals surface area contributed by atoms with Crippen LogP contribution >= 0.6 is 11.6 Å². The second-order valence-electron chi connectivity index (χ2n) is 14.0. The summed E-state index contributed by atoms with van der Waals surface area (Å²) in [5, 5.41) is 23.8. The predicted octanol–water partition coefficient (Wildman–Crippen LogP) is 3.95. The minimum Gasteiger partial charge on any atom is -0.457 e. The van der Waals surface area contributed by atoms with E-state index < -0.39 is 62.7 Å². The number of Topliss-reactive ketones (excluding diaryl/α,β-unsaturated/α-hetero) is 1. The molecule has 4 rings (SSSR count). The van der Waals surface area contributed by atoms with Gasteiger partial charge in [-0.25, -0.2) is 0 Å². The lowest BCUT2D eigenvalue weighted by Gasteiger charge is -2.64. The Morgan fingerprint density at radius 1 is 1.12 bits per heavy atom. The Balaban J connectivity index is 1.43. The normalized spacial score (nSPS) is 35.0. The Kier molecular flexibility index (Phi) is 11.4. The highest BCUT2D eigenvalue weighted by Gasteiger charge is 2.76. The van der Waals surface area contributed by atoms with Crippen molar-refractivity contribution < 1.29 is 48.5 Å². The number of ether oxygens (including phenoxy) is 2. The maximum atomic E-state index is 14.2. The zero-order valence-corrected chi connectivity index (χ0v) is 28.8. The number of unbranched alkanes of at least 4 members (excludes halogenated alkanes) is 2. The van der Waals surface area contributed by atoms with Crippen molar-refractivity contribution in [3.8, 4) is 0 Å². The number of hydrogen-bond donors (Lipinski definition) is 2. The molecule has 13 nitrogen and oxygen atoms in total. The Hall–Kier alpha value is -3.32. The summed E-state index contributed by atoms with van der Waals surface area (Å²) < 4.78 is 11.5. The van der Waals surface area contributed by atoms with Gasteiger partial charge in [-0.2, -0.15) is 0 Å². The number of carbonyl (C=O) groups is 5. The minimum atomic E-state index is -1.68. The fraction of sp³-hybridized carbons (Fsp3) is 0.735. The molecule has 8 atom stereocenters. The van der Waals surface area contributed by atoms with Crippen molar-refractivity contribution in [3.05, 3.63) is 33.9 Å². The van der Waals surface area contributed by atoms with Crippen LogP contribution in [0, 0.1) is 38.7 Å². The molecule has 0 aromatic rings. The number of ketones is 2. The van der Waals surface area contributed by atoms with E-state index in [1.165, 1.54) is 6.08 Å². The van der Waals surface area contributed by atoms with Gasteiger partial charge in [0.25, 0.3) is 5.09 Å². The molecule has 266 valence electrons. The molecular weight excluding hydrogens is 648 g/mol. The van der Waals surface area contributed by atoms with Crippen LogP contribution in [0.1, 0.15) is 91.9 Å². The molecule has 0 heterocycles. The summed E-state index contributed by atoms with van der Waals surface area (Å²) in [6, 6.07) is 0. The van der Waals surface area contributed by atoms with Crippen LogP contribution in [-0.2, 0) is 38.3 Å². The lowest BCUT2D eigenvalue weighted by Crippen LogP contribution is -2.69. The first-order valence-corrected chi connectivity index (χ1v) is 17.2. The molecule has 3 saturated carbocycles. The standard InChI is InChI=1S/C34H47ClN2O11/c1-5-29(42)48-34(27(40)20-46-30(43)13-15-36-28(41)9-7-6-8-16-47-37(44)45)21(2)17-25-24-11-10-22-18-23(38)12-14-31(22,3)33(24,35)26(39)19-32(25,34)4/h12,14,18,21,24-26,39H,5-11,13,15-17,19-20H2,1-4H3,(H,36,41)/t21-,24-,25-,26-,31-,32-,33-,34-/m0/s1. The molecule has 0 aromatic heterocycles. The molecule has 3 fully saturated rings. The van der Waals surface area contributed by atoms with Gasteiger partial charge in [0.15, 0.2) is 18.0 Å². The van der Waals surface area contributed by atoms with Gasteiger partial charge in [0.2, 0.25) is 11.7 Å². The third-order valence-electron chi connectivity index (χ3n) is 11.4. The van der Waals surface area contributed by atoms with Crippen molar-refractivity contribution in [1.29, 1.82) is 0 Å². The van der Waals surface area contributed by atoms with Gasteiger partial charge in [0, 0.05) is 36.1 Å². The summed E-state index contributed by atoms with van der Waals surface area (Å²) in [7, 11) is 0. The molecule has 0 spiro atoms. The number of amides is 1. The van der Waals surface area contributed by atoms with Crippen molar-refractivity contribution in [2.24, 2.45) is 28.6 Å². The van der Waals surface area contributed by atoms with E-state index in [1.807, 2.05) is 20.8 Å². The molecule has 0 aliphatic heterocycles. The third kappa shape index (κ3) is 6.64. The average molecular weight is 695 g/mol. The van der Waals surface area contributed by atoms with E-state index in [0.717, 1.165) is 5.57 Å². The molecule has 14 heteroatoms. The summed E-state index contributed by atoms with van der Waals surface area (Å²) in [4.78, 5) is 77.4. The molecule has 4 aliphatic carbocycles. The summed E-state index contributed by atoms with van der Waals surface area (Å²) in [5.41, 5.74) is -2.63. The van der Waals surface area contributed by atoms with Crippen molar-refractivity contribution in [2.45, 2.75) is 108 Å². The highest BCUT2D eigenvalue weighted by Crippen LogP contribution is 2.72. The van der Waals surface area contributed by atoms with Gasteiger partial charge in [-0.3, -0.25) is 24.0 Å². The maximum absolute atomic E-state index is 14.2. The summed E-state index contributed by atoms with van der Waals surface area (Å²) in [5.74, 6) is -3.24. The van der Waals surface area contributed by atoms with Crippen LogP contribution in [0.5, 0.6) is 0 Å². The van der Waals surface area contributed by atoms with Gasteiger partial charge in [-0.1, -0.05) is 45.8 Å². The van der Waals surface area contributed by atoms with E-state index in [4.69, 9.17) is 21.1 Å². The van der Waals surface area contributed by atoms with E-state index in [1.54, 1.807) is 19.1 Å². The Labute approximate surface area is 285 Å². The number of rotatable bonds is 15. The number of nitrogens with one attached hydrogen (secondary N) is 1. The molecule has 0 saturated heterocycles. The van der Waals surface area contributed by atoms with Crippen LogP contribution in [0.25, 0.3) is 0 Å². The van der Waals surface area contributed by atoms with Crippen molar-refractivity contribution in [3.63, 3.8) is 0 Å². The van der Waals surface area contributed by atoms with Crippen LogP contribution in [-0.4, -0.2) is 75.9 Å². The van der Waals surface area contributed by atoms with Gasteiger partial charge in [-0.15, -0.1) is 21.7 Å². The lowest BCUT2D eigenvalue weighted by molar-refractivity contribution is -0.757. The summed E-state index contributed by atoms with van der Waals surface area (Å²) in [6.45, 7) is 6.58. The average Bonchev–Trinajstić information content (AvgIpc) is 3.24. The fourth-order valence-corrected chi connectivity index (χ4v) is 9.59. The number of alkyl halides is 1. The SMILES string of the molecule is CCC(=O)O[C@]1(C(=O)COC(=O)CCNC(=O)CCCCCO[N+](=O)[O-])[C@@H](C)C[C@H]2[C@@H]3CCC4=CC(=O)C=C[C@]4(C)[C@@]3(Cl)[C@@H](O)C[C@@]21C. The van der Waals surface area contributed by atoms with Crippen LogP contribution in [0.2, 0.25) is 0 Å². The van der Waals surface area contributed by atoms with E-state index in [-0.39, 0.29) is 62.4 Å². The topological polar surface area (TPSA) is 188 Å². The van der Waals surface area contributed by atoms with Gasteiger partial charge in [0.05, 0.1) is 24.0 Å². The molecule has 0 bridgehead atoms.